The van der Waals surface area contributed by atoms with Crippen molar-refractivity contribution >= 4 is 5.69 Å². The van der Waals surface area contributed by atoms with Gasteiger partial charge in [0.05, 0.1) is 11.3 Å². The molecule has 0 heterocycles. The molecule has 0 aromatic heterocycles. The molecule has 14 heavy (non-hydrogen) atoms. The van der Waals surface area contributed by atoms with Crippen LogP contribution in [-0.4, -0.2) is 6.04 Å². The van der Waals surface area contributed by atoms with Crippen LogP contribution >= 0.6 is 0 Å². The van der Waals surface area contributed by atoms with Crippen LogP contribution in [-0.2, 0) is 0 Å². The summed E-state index contributed by atoms with van der Waals surface area (Å²) in [6.07, 6.45) is 1.05. The van der Waals surface area contributed by atoms with Gasteiger partial charge >= 0.3 is 0 Å². The molecule has 0 saturated heterocycles. The van der Waals surface area contributed by atoms with Crippen molar-refractivity contribution in [2.75, 3.05) is 5.32 Å². The van der Waals surface area contributed by atoms with E-state index in [2.05, 4.69) is 25.2 Å². The molecule has 1 N–H and O–H groups in total. The first kappa shape index (κ1) is 10.6. The van der Waals surface area contributed by atoms with Gasteiger partial charge in [0, 0.05) is 6.04 Å². The van der Waals surface area contributed by atoms with Crippen molar-refractivity contribution in [3.63, 3.8) is 0 Å². The molecule has 2 nitrogen and oxygen atoms in total. The molecule has 0 saturated carbocycles. The van der Waals surface area contributed by atoms with Crippen molar-refractivity contribution < 1.29 is 0 Å². The van der Waals surface area contributed by atoms with Crippen LogP contribution in [0.25, 0.3) is 0 Å². The van der Waals surface area contributed by atoms with E-state index in [1.54, 1.807) is 0 Å². The summed E-state index contributed by atoms with van der Waals surface area (Å²) < 4.78 is 0. The van der Waals surface area contributed by atoms with E-state index in [0.29, 0.717) is 6.04 Å². The van der Waals surface area contributed by atoms with Gasteiger partial charge in [0.25, 0.3) is 0 Å². The fourth-order valence-electron chi connectivity index (χ4n) is 1.24. The summed E-state index contributed by atoms with van der Waals surface area (Å²) in [5.74, 6) is 0. The Morgan fingerprint density at radius 1 is 1.50 bits per heavy atom. The molecule has 1 aromatic carbocycles. The third-order valence-electron chi connectivity index (χ3n) is 2.31. The summed E-state index contributed by atoms with van der Waals surface area (Å²) in [6.45, 7) is 6.27. The van der Waals surface area contributed by atoms with Crippen molar-refractivity contribution in [3.05, 3.63) is 29.3 Å². The van der Waals surface area contributed by atoms with E-state index in [-0.39, 0.29) is 0 Å². The lowest BCUT2D eigenvalue weighted by Crippen LogP contribution is -2.14. The van der Waals surface area contributed by atoms with Gasteiger partial charge in [-0.2, -0.15) is 5.26 Å². The fraction of sp³-hybridized carbons (Fsp3) is 0.417. The van der Waals surface area contributed by atoms with Gasteiger partial charge in [-0.05, 0) is 38.0 Å². The summed E-state index contributed by atoms with van der Waals surface area (Å²) in [5, 5.41) is 12.2. The van der Waals surface area contributed by atoms with E-state index < -0.39 is 0 Å². The average Bonchev–Trinajstić information content (AvgIpc) is 2.18. The second-order valence-corrected chi connectivity index (χ2v) is 3.61. The predicted octanol–water partition coefficient (Wildman–Crippen LogP) is 3.08. The van der Waals surface area contributed by atoms with Gasteiger partial charge in [-0.25, -0.2) is 0 Å². The molecule has 0 bridgehead atoms. The van der Waals surface area contributed by atoms with E-state index in [9.17, 15) is 0 Å². The van der Waals surface area contributed by atoms with Gasteiger partial charge < -0.3 is 5.32 Å². The normalized spacial score (nSPS) is 11.9. The zero-order valence-electron chi connectivity index (χ0n) is 8.96. The zero-order chi connectivity index (χ0) is 10.6. The molecular weight excluding hydrogens is 172 g/mol. The van der Waals surface area contributed by atoms with Gasteiger partial charge in [-0.3, -0.25) is 0 Å². The molecule has 1 unspecified atom stereocenters. The van der Waals surface area contributed by atoms with Gasteiger partial charge in [-0.15, -0.1) is 0 Å². The van der Waals surface area contributed by atoms with Crippen LogP contribution in [0.4, 0.5) is 5.69 Å². The van der Waals surface area contributed by atoms with Crippen molar-refractivity contribution in [3.8, 4) is 6.07 Å². The Labute approximate surface area is 85.6 Å². The van der Waals surface area contributed by atoms with Crippen LogP contribution in [0.2, 0.25) is 0 Å². The number of rotatable bonds is 3. The Kier molecular flexibility index (Phi) is 3.53. The molecular formula is C12H16N2. The minimum absolute atomic E-state index is 0.406. The Morgan fingerprint density at radius 2 is 2.21 bits per heavy atom. The molecule has 2 heteroatoms. The average molecular weight is 188 g/mol. The molecule has 0 fully saturated rings. The standard InChI is InChI=1S/C12H16N2/c1-4-10(3)14-12-7-9(2)5-6-11(12)8-13/h5-7,10,14H,4H2,1-3H3. The first-order valence-electron chi connectivity index (χ1n) is 4.94. The maximum absolute atomic E-state index is 8.90. The summed E-state index contributed by atoms with van der Waals surface area (Å²) in [4.78, 5) is 0. The summed E-state index contributed by atoms with van der Waals surface area (Å²) in [5.41, 5.74) is 2.84. The molecule has 0 aliphatic heterocycles. The van der Waals surface area contributed by atoms with Crippen LogP contribution in [0, 0.1) is 18.3 Å². The number of benzene rings is 1. The first-order chi connectivity index (χ1) is 6.67. The topological polar surface area (TPSA) is 35.8 Å². The summed E-state index contributed by atoms with van der Waals surface area (Å²) in [6, 6.07) is 8.43. The van der Waals surface area contributed by atoms with Crippen LogP contribution in [0.5, 0.6) is 0 Å². The predicted molar refractivity (Wildman–Crippen MR) is 59.3 cm³/mol. The number of hydrogen-bond acceptors (Lipinski definition) is 2. The SMILES string of the molecule is CCC(C)Nc1cc(C)ccc1C#N. The number of aryl methyl sites for hydroxylation is 1. The van der Waals surface area contributed by atoms with Gasteiger partial charge in [0.2, 0.25) is 0 Å². The number of nitriles is 1. The highest BCUT2D eigenvalue weighted by Crippen LogP contribution is 2.17. The van der Waals surface area contributed by atoms with Crippen molar-refractivity contribution in [1.29, 1.82) is 5.26 Å². The van der Waals surface area contributed by atoms with E-state index in [0.717, 1.165) is 17.7 Å². The molecule has 1 atom stereocenters. The molecule has 1 aromatic rings. The molecule has 0 aliphatic carbocycles. The molecule has 0 radical (unpaired) electrons. The first-order valence-corrected chi connectivity index (χ1v) is 4.94. The molecule has 0 spiro atoms. The Balaban J connectivity index is 2.94. The molecule has 0 amide bonds. The molecule has 74 valence electrons. The number of hydrogen-bond donors (Lipinski definition) is 1. The lowest BCUT2D eigenvalue weighted by Gasteiger charge is -2.14. The highest BCUT2D eigenvalue weighted by Gasteiger charge is 2.04. The van der Waals surface area contributed by atoms with Gasteiger partial charge in [0.15, 0.2) is 0 Å². The van der Waals surface area contributed by atoms with Crippen LogP contribution in [0.15, 0.2) is 18.2 Å². The maximum Gasteiger partial charge on any atom is 0.101 e. The maximum atomic E-state index is 8.90. The largest absolute Gasteiger partial charge is 0.382 e. The Morgan fingerprint density at radius 3 is 2.79 bits per heavy atom. The Hall–Kier alpha value is -1.49. The number of nitrogens with zero attached hydrogens (tertiary/aromatic N) is 1. The monoisotopic (exact) mass is 188 g/mol. The minimum Gasteiger partial charge on any atom is -0.382 e. The minimum atomic E-state index is 0.406. The van der Waals surface area contributed by atoms with E-state index in [4.69, 9.17) is 5.26 Å². The van der Waals surface area contributed by atoms with Crippen LogP contribution in [0.1, 0.15) is 31.4 Å². The van der Waals surface area contributed by atoms with Crippen molar-refractivity contribution in [2.45, 2.75) is 33.2 Å². The number of anilines is 1. The number of nitrogens with one attached hydrogen (secondary N) is 1. The van der Waals surface area contributed by atoms with Crippen LogP contribution < -0.4 is 5.32 Å². The van der Waals surface area contributed by atoms with E-state index in [1.165, 1.54) is 5.56 Å². The van der Waals surface area contributed by atoms with Crippen molar-refractivity contribution in [2.24, 2.45) is 0 Å². The third kappa shape index (κ3) is 2.50. The summed E-state index contributed by atoms with van der Waals surface area (Å²) >= 11 is 0. The second-order valence-electron chi connectivity index (χ2n) is 3.61. The van der Waals surface area contributed by atoms with Gasteiger partial charge in [0.1, 0.15) is 6.07 Å². The fourth-order valence-corrected chi connectivity index (χ4v) is 1.24. The molecule has 0 aliphatic rings. The third-order valence-corrected chi connectivity index (χ3v) is 2.31. The zero-order valence-corrected chi connectivity index (χ0v) is 8.96. The molecule has 1 rings (SSSR count). The van der Waals surface area contributed by atoms with Crippen molar-refractivity contribution in [1.82, 2.24) is 0 Å². The second kappa shape index (κ2) is 4.66. The summed E-state index contributed by atoms with van der Waals surface area (Å²) in [7, 11) is 0. The highest BCUT2D eigenvalue weighted by molar-refractivity contribution is 5.59. The quantitative estimate of drug-likeness (QED) is 0.791. The highest BCUT2D eigenvalue weighted by atomic mass is 14.9. The lowest BCUT2D eigenvalue weighted by molar-refractivity contribution is 0.763. The van der Waals surface area contributed by atoms with Gasteiger partial charge in [-0.1, -0.05) is 13.0 Å². The van der Waals surface area contributed by atoms with E-state index in [1.807, 2.05) is 25.1 Å². The van der Waals surface area contributed by atoms with Crippen LogP contribution in [0.3, 0.4) is 0 Å². The lowest BCUT2D eigenvalue weighted by atomic mass is 10.1. The van der Waals surface area contributed by atoms with E-state index >= 15 is 0 Å². The smallest absolute Gasteiger partial charge is 0.101 e. The Bertz CT molecular complexity index is 350.